The zero-order chi connectivity index (χ0) is 13.5. The summed E-state index contributed by atoms with van der Waals surface area (Å²) in [5.74, 6) is 0.995. The molecular formula is C12H17NO5. The van der Waals surface area contributed by atoms with E-state index in [1.54, 1.807) is 25.1 Å². The van der Waals surface area contributed by atoms with Crippen molar-refractivity contribution in [1.29, 1.82) is 0 Å². The summed E-state index contributed by atoms with van der Waals surface area (Å²) in [6.45, 7) is 1.18. The maximum absolute atomic E-state index is 9.25. The Bertz CT molecular complexity index is 419. The molecule has 0 aromatic heterocycles. The van der Waals surface area contributed by atoms with Gasteiger partial charge in [-0.1, -0.05) is 5.16 Å². The molecule has 18 heavy (non-hydrogen) atoms. The Hall–Kier alpha value is -1.79. The van der Waals surface area contributed by atoms with Gasteiger partial charge in [0.2, 0.25) is 0 Å². The van der Waals surface area contributed by atoms with Gasteiger partial charge in [-0.3, -0.25) is 0 Å². The first-order valence-corrected chi connectivity index (χ1v) is 5.41. The first-order valence-electron chi connectivity index (χ1n) is 5.41. The van der Waals surface area contributed by atoms with E-state index in [9.17, 15) is 5.11 Å². The van der Waals surface area contributed by atoms with Gasteiger partial charge in [0.15, 0.2) is 0 Å². The van der Waals surface area contributed by atoms with Crippen LogP contribution in [0.25, 0.3) is 0 Å². The third-order valence-electron chi connectivity index (χ3n) is 2.37. The number of aliphatic hydroxyl groups is 2. The summed E-state index contributed by atoms with van der Waals surface area (Å²) < 4.78 is 10.4. The summed E-state index contributed by atoms with van der Waals surface area (Å²) in [4.78, 5) is 0. The van der Waals surface area contributed by atoms with Crippen LogP contribution >= 0.6 is 0 Å². The number of oxime groups is 1. The summed E-state index contributed by atoms with van der Waals surface area (Å²) >= 11 is 0. The number of rotatable bonds is 6. The first kappa shape index (κ1) is 14.3. The molecule has 0 radical (unpaired) electrons. The fraction of sp³-hybridized carbons (Fsp3) is 0.417. The molecule has 1 aromatic carbocycles. The number of benzene rings is 1. The maximum Gasteiger partial charge on any atom is 0.132 e. The number of hydrogen-bond donors (Lipinski definition) is 3. The highest BCUT2D eigenvalue weighted by molar-refractivity contribution is 6.00. The zero-order valence-electron chi connectivity index (χ0n) is 10.3. The van der Waals surface area contributed by atoms with Crippen molar-refractivity contribution in [3.63, 3.8) is 0 Å². The van der Waals surface area contributed by atoms with Gasteiger partial charge in [-0.25, -0.2) is 0 Å². The Morgan fingerprint density at radius 2 is 2.17 bits per heavy atom. The normalized spacial score (nSPS) is 13.2. The second kappa shape index (κ2) is 6.83. The largest absolute Gasteiger partial charge is 0.497 e. The summed E-state index contributed by atoms with van der Waals surface area (Å²) in [6.07, 6.45) is -0.963. The average molecular weight is 255 g/mol. The highest BCUT2D eigenvalue weighted by atomic mass is 16.5. The van der Waals surface area contributed by atoms with Gasteiger partial charge < -0.3 is 24.9 Å². The van der Waals surface area contributed by atoms with E-state index in [4.69, 9.17) is 19.8 Å². The molecule has 0 aliphatic heterocycles. The summed E-state index contributed by atoms with van der Waals surface area (Å²) in [5, 5.41) is 29.8. The lowest BCUT2D eigenvalue weighted by Crippen LogP contribution is -2.22. The molecule has 0 heterocycles. The first-order chi connectivity index (χ1) is 8.62. The monoisotopic (exact) mass is 255 g/mol. The number of methoxy groups -OCH3 is 1. The third kappa shape index (κ3) is 3.61. The number of aliphatic hydroxyl groups excluding tert-OH is 2. The van der Waals surface area contributed by atoms with Gasteiger partial charge in [0.25, 0.3) is 0 Å². The molecule has 1 aromatic rings. The van der Waals surface area contributed by atoms with Crippen molar-refractivity contribution >= 4 is 5.71 Å². The van der Waals surface area contributed by atoms with Crippen molar-refractivity contribution in [3.05, 3.63) is 23.8 Å². The quantitative estimate of drug-likeness (QED) is 0.394. The molecule has 6 heteroatoms. The fourth-order valence-corrected chi connectivity index (χ4v) is 1.34. The highest BCUT2D eigenvalue weighted by Gasteiger charge is 2.11. The SMILES string of the molecule is COc1ccc(/C(C)=N/O)c(OCC(O)CO)c1. The molecule has 3 N–H and O–H groups in total. The van der Waals surface area contributed by atoms with Crippen LogP contribution in [0.1, 0.15) is 12.5 Å². The Balaban J connectivity index is 2.97. The molecule has 0 amide bonds. The van der Waals surface area contributed by atoms with Crippen LogP contribution < -0.4 is 9.47 Å². The predicted molar refractivity (Wildman–Crippen MR) is 65.6 cm³/mol. The highest BCUT2D eigenvalue weighted by Crippen LogP contribution is 2.25. The smallest absolute Gasteiger partial charge is 0.132 e. The van der Waals surface area contributed by atoms with E-state index < -0.39 is 6.10 Å². The van der Waals surface area contributed by atoms with E-state index in [-0.39, 0.29) is 13.2 Å². The van der Waals surface area contributed by atoms with Crippen molar-refractivity contribution in [3.8, 4) is 11.5 Å². The van der Waals surface area contributed by atoms with Crippen LogP contribution in [-0.2, 0) is 0 Å². The Morgan fingerprint density at radius 3 is 2.72 bits per heavy atom. The van der Waals surface area contributed by atoms with E-state index in [0.717, 1.165) is 0 Å². The molecule has 6 nitrogen and oxygen atoms in total. The molecule has 1 rings (SSSR count). The van der Waals surface area contributed by atoms with Gasteiger partial charge in [0.05, 0.1) is 19.4 Å². The summed E-state index contributed by atoms with van der Waals surface area (Å²) in [6, 6.07) is 5.02. The molecule has 0 fully saturated rings. The van der Waals surface area contributed by atoms with Gasteiger partial charge in [0.1, 0.15) is 24.2 Å². The minimum absolute atomic E-state index is 0.0601. The minimum Gasteiger partial charge on any atom is -0.497 e. The van der Waals surface area contributed by atoms with Gasteiger partial charge in [-0.05, 0) is 19.1 Å². The lowest BCUT2D eigenvalue weighted by atomic mass is 10.1. The number of nitrogens with zero attached hydrogens (tertiary/aromatic N) is 1. The van der Waals surface area contributed by atoms with Gasteiger partial charge in [0, 0.05) is 11.6 Å². The Kier molecular flexibility index (Phi) is 5.41. The Labute approximate surface area is 105 Å². The van der Waals surface area contributed by atoms with E-state index in [1.807, 2.05) is 0 Å². The minimum atomic E-state index is -0.963. The molecule has 0 aliphatic rings. The molecular weight excluding hydrogens is 238 g/mol. The molecule has 0 spiro atoms. The predicted octanol–water partition coefficient (Wildman–Crippen LogP) is 0.625. The van der Waals surface area contributed by atoms with E-state index >= 15 is 0 Å². The second-order valence-electron chi connectivity index (χ2n) is 3.69. The van der Waals surface area contributed by atoms with Crippen LogP contribution in [0, 0.1) is 0 Å². The van der Waals surface area contributed by atoms with Crippen molar-refractivity contribution in [2.75, 3.05) is 20.3 Å². The maximum atomic E-state index is 9.25. The molecule has 0 saturated carbocycles. The van der Waals surface area contributed by atoms with Crippen LogP contribution in [0.15, 0.2) is 23.4 Å². The number of ether oxygens (including phenoxy) is 2. The van der Waals surface area contributed by atoms with Crippen LogP contribution in [-0.4, -0.2) is 47.6 Å². The van der Waals surface area contributed by atoms with Crippen molar-refractivity contribution in [1.82, 2.24) is 0 Å². The zero-order valence-corrected chi connectivity index (χ0v) is 10.3. The van der Waals surface area contributed by atoms with Crippen LogP contribution in [0.4, 0.5) is 0 Å². The van der Waals surface area contributed by atoms with Gasteiger partial charge >= 0.3 is 0 Å². The lowest BCUT2D eigenvalue weighted by Gasteiger charge is -2.14. The van der Waals surface area contributed by atoms with Crippen LogP contribution in [0.2, 0.25) is 0 Å². The van der Waals surface area contributed by atoms with E-state index in [1.165, 1.54) is 7.11 Å². The Morgan fingerprint density at radius 1 is 1.44 bits per heavy atom. The lowest BCUT2D eigenvalue weighted by molar-refractivity contribution is 0.0535. The van der Waals surface area contributed by atoms with Crippen LogP contribution in [0.3, 0.4) is 0 Å². The standard InChI is InChI=1S/C12H17NO5/c1-8(13-16)11-4-3-10(17-2)5-12(11)18-7-9(15)6-14/h3-5,9,14-16H,6-7H2,1-2H3/b13-8+. The summed E-state index contributed by atoms with van der Waals surface area (Å²) in [7, 11) is 1.52. The van der Waals surface area contributed by atoms with Gasteiger partial charge in [-0.2, -0.15) is 0 Å². The number of hydrogen-bond acceptors (Lipinski definition) is 6. The van der Waals surface area contributed by atoms with E-state index in [2.05, 4.69) is 5.16 Å². The molecule has 0 aliphatic carbocycles. The van der Waals surface area contributed by atoms with Gasteiger partial charge in [-0.15, -0.1) is 0 Å². The van der Waals surface area contributed by atoms with Crippen molar-refractivity contribution < 1.29 is 24.9 Å². The third-order valence-corrected chi connectivity index (χ3v) is 2.37. The molecule has 100 valence electrons. The molecule has 0 saturated heterocycles. The molecule has 0 bridgehead atoms. The fourth-order valence-electron chi connectivity index (χ4n) is 1.34. The second-order valence-corrected chi connectivity index (χ2v) is 3.69. The van der Waals surface area contributed by atoms with E-state index in [0.29, 0.717) is 22.8 Å². The topological polar surface area (TPSA) is 91.5 Å². The van der Waals surface area contributed by atoms with Crippen molar-refractivity contribution in [2.45, 2.75) is 13.0 Å². The van der Waals surface area contributed by atoms with Crippen molar-refractivity contribution in [2.24, 2.45) is 5.16 Å². The summed E-state index contributed by atoms with van der Waals surface area (Å²) in [5.41, 5.74) is 0.967. The van der Waals surface area contributed by atoms with Crippen LogP contribution in [0.5, 0.6) is 11.5 Å². The molecule has 1 atom stereocenters. The average Bonchev–Trinajstić information content (AvgIpc) is 2.43. The molecule has 1 unspecified atom stereocenters.